The van der Waals surface area contributed by atoms with Gasteiger partial charge < -0.3 is 15.3 Å². The smallest absolute Gasteiger partial charge is 0.326 e. The molecule has 0 aromatic carbocycles. The maximum absolute atomic E-state index is 11.5. The summed E-state index contributed by atoms with van der Waals surface area (Å²) >= 11 is 0. The molecule has 0 amide bonds. The third-order valence-corrected chi connectivity index (χ3v) is 5.04. The molecule has 5 rings (SSSR count). The van der Waals surface area contributed by atoms with E-state index in [0.29, 0.717) is 36.5 Å². The first-order valence-electron chi connectivity index (χ1n) is 8.86. The second kappa shape index (κ2) is 5.72. The van der Waals surface area contributed by atoms with Gasteiger partial charge in [-0.2, -0.15) is 10.1 Å². The van der Waals surface area contributed by atoms with E-state index in [9.17, 15) is 9.90 Å². The van der Waals surface area contributed by atoms with Gasteiger partial charge in [0.05, 0.1) is 0 Å². The van der Waals surface area contributed by atoms with E-state index >= 15 is 0 Å². The van der Waals surface area contributed by atoms with Crippen LogP contribution in [0.15, 0.2) is 24.4 Å². The molecule has 2 aliphatic rings. The number of fused-ring (bicyclic) bond motifs is 1. The van der Waals surface area contributed by atoms with Crippen LogP contribution in [-0.4, -0.2) is 48.5 Å². The summed E-state index contributed by atoms with van der Waals surface area (Å²) in [4.78, 5) is 17.9. The molecule has 0 unspecified atom stereocenters. The summed E-state index contributed by atoms with van der Waals surface area (Å²) in [5, 5.41) is 24.6. The minimum atomic E-state index is -0.838. The lowest BCUT2D eigenvalue weighted by Crippen LogP contribution is -2.37. The zero-order valence-electron chi connectivity index (χ0n) is 14.1. The highest BCUT2D eigenvalue weighted by Crippen LogP contribution is 2.39. The first kappa shape index (κ1) is 15.2. The van der Waals surface area contributed by atoms with Crippen molar-refractivity contribution in [3.63, 3.8) is 0 Å². The molecule has 3 N–H and O–H groups in total. The largest absolute Gasteiger partial charge is 0.480 e. The van der Waals surface area contributed by atoms with Gasteiger partial charge in [0.1, 0.15) is 11.6 Å². The van der Waals surface area contributed by atoms with Crippen molar-refractivity contribution in [3.05, 3.63) is 30.1 Å². The molecular formula is C17H19N7O2. The van der Waals surface area contributed by atoms with E-state index in [4.69, 9.17) is 0 Å². The molecule has 0 bridgehead atoms. The summed E-state index contributed by atoms with van der Waals surface area (Å²) in [6.45, 7) is 0.636. The maximum Gasteiger partial charge on any atom is 0.326 e. The molecule has 3 aromatic rings. The van der Waals surface area contributed by atoms with Crippen LogP contribution in [0, 0.1) is 0 Å². The lowest BCUT2D eigenvalue weighted by molar-refractivity contribution is -0.138. The number of hydrogen-bond acceptors (Lipinski definition) is 6. The van der Waals surface area contributed by atoms with E-state index in [1.807, 2.05) is 24.4 Å². The van der Waals surface area contributed by atoms with E-state index < -0.39 is 12.0 Å². The number of anilines is 3. The fraction of sp³-hybridized carbons (Fsp3) is 0.412. The molecule has 9 heteroatoms. The first-order valence-corrected chi connectivity index (χ1v) is 8.86. The molecule has 4 heterocycles. The van der Waals surface area contributed by atoms with Crippen LogP contribution >= 0.6 is 0 Å². The Morgan fingerprint density at radius 1 is 1.35 bits per heavy atom. The van der Waals surface area contributed by atoms with Gasteiger partial charge >= 0.3 is 5.97 Å². The molecule has 9 nitrogen and oxygen atoms in total. The van der Waals surface area contributed by atoms with Gasteiger partial charge in [0.2, 0.25) is 5.95 Å². The van der Waals surface area contributed by atoms with E-state index in [0.717, 1.165) is 17.6 Å². The Kier molecular flexibility index (Phi) is 3.34. The van der Waals surface area contributed by atoms with Crippen LogP contribution in [0.5, 0.6) is 0 Å². The van der Waals surface area contributed by atoms with E-state index in [-0.39, 0.29) is 0 Å². The number of nitrogens with one attached hydrogen (secondary N) is 2. The molecule has 0 spiro atoms. The average Bonchev–Trinajstić information content (AvgIpc) is 3.06. The number of hydrogen-bond donors (Lipinski definition) is 3. The fourth-order valence-electron chi connectivity index (χ4n) is 3.52. The monoisotopic (exact) mass is 353 g/mol. The average molecular weight is 353 g/mol. The van der Waals surface area contributed by atoms with Crippen LogP contribution in [0.1, 0.15) is 37.3 Å². The number of rotatable bonds is 5. The van der Waals surface area contributed by atoms with Gasteiger partial charge in [0.15, 0.2) is 11.6 Å². The van der Waals surface area contributed by atoms with Crippen LogP contribution in [-0.2, 0) is 4.79 Å². The number of aromatic amines is 1. The summed E-state index contributed by atoms with van der Waals surface area (Å²) in [6.07, 6.45) is 5.66. The molecule has 3 aromatic heterocycles. The molecule has 1 aliphatic heterocycles. The second-order valence-electron chi connectivity index (χ2n) is 6.90. The maximum atomic E-state index is 11.5. The number of carboxylic acid groups (broad SMARTS) is 1. The zero-order chi connectivity index (χ0) is 17.7. The molecule has 134 valence electrons. The number of aliphatic carboxylic acids is 1. The second-order valence-corrected chi connectivity index (χ2v) is 6.90. The van der Waals surface area contributed by atoms with Gasteiger partial charge in [0, 0.05) is 30.4 Å². The normalized spacial score (nSPS) is 20.0. The SMILES string of the molecule is O=C(O)[C@H]1CCCN1c1nc(Nc2cc(C3CC3)[nH]n2)c2cccn2n1. The van der Waals surface area contributed by atoms with Crippen LogP contribution in [0.25, 0.3) is 5.52 Å². The summed E-state index contributed by atoms with van der Waals surface area (Å²) in [5.41, 5.74) is 1.95. The summed E-state index contributed by atoms with van der Waals surface area (Å²) in [7, 11) is 0. The number of carboxylic acids is 1. The molecule has 1 saturated heterocycles. The van der Waals surface area contributed by atoms with E-state index in [1.54, 1.807) is 9.42 Å². The molecule has 1 aliphatic carbocycles. The van der Waals surface area contributed by atoms with Crippen molar-refractivity contribution in [1.29, 1.82) is 0 Å². The van der Waals surface area contributed by atoms with Gasteiger partial charge in [-0.05, 0) is 37.8 Å². The predicted molar refractivity (Wildman–Crippen MR) is 94.8 cm³/mol. The molecular weight excluding hydrogens is 334 g/mol. The predicted octanol–water partition coefficient (Wildman–Crippen LogP) is 2.13. The lowest BCUT2D eigenvalue weighted by Gasteiger charge is -2.21. The van der Waals surface area contributed by atoms with Gasteiger partial charge in [-0.25, -0.2) is 9.31 Å². The van der Waals surface area contributed by atoms with Gasteiger partial charge in [-0.15, -0.1) is 5.10 Å². The van der Waals surface area contributed by atoms with Crippen molar-refractivity contribution in [3.8, 4) is 0 Å². The molecule has 1 atom stereocenters. The topological polar surface area (TPSA) is 111 Å². The Morgan fingerprint density at radius 3 is 3.04 bits per heavy atom. The summed E-state index contributed by atoms with van der Waals surface area (Å²) < 4.78 is 1.72. The standard InChI is InChI=1S/C17H19N7O2/c25-16(26)13-4-1-7-23(13)17-19-15(12-3-2-8-24(12)22-17)18-14-9-11(20-21-14)10-5-6-10/h2-3,8-10,13H,1,4-7H2,(H,25,26)(H2,18,19,20,21,22)/t13-/m1/s1. The number of nitrogens with zero attached hydrogens (tertiary/aromatic N) is 5. The van der Waals surface area contributed by atoms with Crippen LogP contribution < -0.4 is 10.2 Å². The number of H-pyrrole nitrogens is 1. The molecule has 26 heavy (non-hydrogen) atoms. The van der Waals surface area contributed by atoms with Crippen molar-refractivity contribution >= 4 is 29.1 Å². The van der Waals surface area contributed by atoms with Crippen LogP contribution in [0.2, 0.25) is 0 Å². The van der Waals surface area contributed by atoms with Crippen molar-refractivity contribution in [2.45, 2.75) is 37.6 Å². The van der Waals surface area contributed by atoms with Crippen LogP contribution in [0.4, 0.5) is 17.6 Å². The minimum Gasteiger partial charge on any atom is -0.480 e. The summed E-state index contributed by atoms with van der Waals surface area (Å²) in [5.74, 6) is 1.49. The van der Waals surface area contributed by atoms with Crippen molar-refractivity contribution in [2.24, 2.45) is 0 Å². The van der Waals surface area contributed by atoms with Gasteiger partial charge in [0.25, 0.3) is 0 Å². The minimum absolute atomic E-state index is 0.416. The van der Waals surface area contributed by atoms with Crippen molar-refractivity contribution in [2.75, 3.05) is 16.8 Å². The highest BCUT2D eigenvalue weighted by atomic mass is 16.4. The van der Waals surface area contributed by atoms with E-state index in [1.165, 1.54) is 12.8 Å². The van der Waals surface area contributed by atoms with Gasteiger partial charge in [-0.3, -0.25) is 5.10 Å². The molecule has 0 radical (unpaired) electrons. The first-order chi connectivity index (χ1) is 12.7. The van der Waals surface area contributed by atoms with Crippen LogP contribution in [0.3, 0.4) is 0 Å². The third-order valence-electron chi connectivity index (χ3n) is 5.04. The Balaban J connectivity index is 1.51. The summed E-state index contributed by atoms with van der Waals surface area (Å²) in [6, 6.07) is 5.23. The molecule has 2 fully saturated rings. The van der Waals surface area contributed by atoms with Crippen molar-refractivity contribution < 1.29 is 9.90 Å². The number of aromatic nitrogens is 5. The van der Waals surface area contributed by atoms with E-state index in [2.05, 4.69) is 25.6 Å². The highest BCUT2D eigenvalue weighted by Gasteiger charge is 2.33. The Labute approximate surface area is 149 Å². The quantitative estimate of drug-likeness (QED) is 0.644. The highest BCUT2D eigenvalue weighted by molar-refractivity contribution is 5.79. The lowest BCUT2D eigenvalue weighted by atomic mass is 10.2. The third kappa shape index (κ3) is 2.56. The fourth-order valence-corrected chi connectivity index (χ4v) is 3.52. The van der Waals surface area contributed by atoms with Gasteiger partial charge in [-0.1, -0.05) is 0 Å². The van der Waals surface area contributed by atoms with Crippen molar-refractivity contribution in [1.82, 2.24) is 24.8 Å². The zero-order valence-corrected chi connectivity index (χ0v) is 14.1. The Hall–Kier alpha value is -3.10. The Morgan fingerprint density at radius 2 is 2.23 bits per heavy atom. The molecule has 1 saturated carbocycles. The number of carbonyl (C=O) groups is 1. The Bertz CT molecular complexity index is 975.